The van der Waals surface area contributed by atoms with Crippen molar-refractivity contribution in [3.63, 3.8) is 0 Å². The third kappa shape index (κ3) is 5.45. The van der Waals surface area contributed by atoms with Crippen LogP contribution in [0.1, 0.15) is 45.1 Å². The molecule has 2 atom stereocenters. The summed E-state index contributed by atoms with van der Waals surface area (Å²) in [5, 5.41) is 12.2. The molecule has 0 saturated heterocycles. The predicted octanol–water partition coefficient (Wildman–Crippen LogP) is 1.66. The minimum absolute atomic E-state index is 0.0435. The van der Waals surface area contributed by atoms with Crippen molar-refractivity contribution in [2.75, 3.05) is 0 Å². The molecule has 1 aliphatic rings. The molecule has 6 N–H and O–H groups in total. The fourth-order valence-corrected chi connectivity index (χ4v) is 4.04. The molecule has 7 heteroatoms. The number of aliphatic carboxylic acids is 1. The molecule has 1 saturated carbocycles. The maximum absolute atomic E-state index is 11.8. The van der Waals surface area contributed by atoms with Crippen molar-refractivity contribution in [1.29, 1.82) is 0 Å². The molecule has 0 aliphatic heterocycles. The molecule has 0 aromatic heterocycles. The number of hydrogen-bond donors (Lipinski definition) is 4. The molecule has 1 aliphatic carbocycles. The molecule has 2 unspecified atom stereocenters. The van der Waals surface area contributed by atoms with E-state index in [4.69, 9.17) is 11.5 Å². The Kier molecular flexibility index (Phi) is 6.82. The minimum atomic E-state index is -0.851. The summed E-state index contributed by atoms with van der Waals surface area (Å²) in [7, 11) is 0. The van der Waals surface area contributed by atoms with E-state index in [0.717, 1.165) is 12.8 Å². The van der Waals surface area contributed by atoms with E-state index in [-0.39, 0.29) is 17.9 Å². The van der Waals surface area contributed by atoms with Gasteiger partial charge in [0, 0.05) is 6.92 Å². The largest absolute Gasteiger partial charge is 0.481 e. The second kappa shape index (κ2) is 8.88. The van der Waals surface area contributed by atoms with Gasteiger partial charge in [0.1, 0.15) is 0 Å². The smallest absolute Gasteiger partial charge is 0.306 e. The number of rotatable bonds is 9. The molecule has 2 rings (SSSR count). The summed E-state index contributed by atoms with van der Waals surface area (Å²) in [6.45, 7) is 3.55. The second-order valence-corrected chi connectivity index (χ2v) is 7.55. The number of guanidine groups is 1. The van der Waals surface area contributed by atoms with E-state index in [0.29, 0.717) is 25.2 Å². The lowest BCUT2D eigenvalue weighted by Gasteiger charge is -2.50. The number of benzene rings is 1. The number of carboxylic acids is 1. The first-order chi connectivity index (χ1) is 12.8. The van der Waals surface area contributed by atoms with E-state index in [1.54, 1.807) is 0 Å². The zero-order chi connectivity index (χ0) is 20.0. The van der Waals surface area contributed by atoms with Gasteiger partial charge in [0.2, 0.25) is 5.91 Å². The van der Waals surface area contributed by atoms with Crippen molar-refractivity contribution in [2.45, 2.75) is 57.5 Å². The predicted molar refractivity (Wildman–Crippen MR) is 105 cm³/mol. The number of carboxylic acid groups (broad SMARTS) is 1. The van der Waals surface area contributed by atoms with E-state index in [9.17, 15) is 14.7 Å². The number of carbonyl (C=O) groups is 2. The van der Waals surface area contributed by atoms with Crippen LogP contribution < -0.4 is 16.8 Å². The average Bonchev–Trinajstić information content (AvgIpc) is 2.56. The van der Waals surface area contributed by atoms with Crippen LogP contribution in [0.3, 0.4) is 0 Å². The van der Waals surface area contributed by atoms with Gasteiger partial charge in [-0.3, -0.25) is 9.59 Å². The normalized spacial score (nSPS) is 23.6. The highest BCUT2D eigenvalue weighted by Crippen LogP contribution is 2.44. The number of amides is 1. The van der Waals surface area contributed by atoms with E-state index in [2.05, 4.69) is 29.4 Å². The molecule has 1 aromatic carbocycles. The van der Waals surface area contributed by atoms with Gasteiger partial charge in [-0.1, -0.05) is 43.7 Å². The van der Waals surface area contributed by atoms with Crippen molar-refractivity contribution in [2.24, 2.45) is 28.3 Å². The van der Waals surface area contributed by atoms with Crippen molar-refractivity contribution in [3.8, 4) is 0 Å². The number of carbonyl (C=O) groups excluding carboxylic acids is 1. The number of aliphatic imine (C=N–C) groups is 1. The highest BCUT2D eigenvalue weighted by molar-refractivity contribution is 5.78. The Hall–Kier alpha value is -2.57. The summed E-state index contributed by atoms with van der Waals surface area (Å²) in [5.74, 6) is -1.27. The van der Waals surface area contributed by atoms with Gasteiger partial charge in [-0.15, -0.1) is 0 Å². The standard InChI is InChI=1S/C20H30N4O3/c1-3-14(9-15-7-5-4-6-8-15)10-17(23-19(21)22)20(24-13(2)25)11-16(12-20)18(26)27/h4-8,14,16-17H,3,9-12H2,1-2H3,(H,24,25)(H,26,27)(H4,21,22,23). The molecule has 7 nitrogen and oxygen atoms in total. The molecule has 1 fully saturated rings. The van der Waals surface area contributed by atoms with Gasteiger partial charge in [0.15, 0.2) is 5.96 Å². The molecular weight excluding hydrogens is 344 g/mol. The van der Waals surface area contributed by atoms with Crippen LogP contribution in [0.15, 0.2) is 35.3 Å². The lowest BCUT2D eigenvalue weighted by Crippen LogP contribution is -2.65. The van der Waals surface area contributed by atoms with Crippen LogP contribution in [0.2, 0.25) is 0 Å². The van der Waals surface area contributed by atoms with Gasteiger partial charge in [-0.05, 0) is 37.2 Å². The van der Waals surface area contributed by atoms with Gasteiger partial charge >= 0.3 is 5.97 Å². The van der Waals surface area contributed by atoms with E-state index < -0.39 is 17.4 Å². The van der Waals surface area contributed by atoms with Gasteiger partial charge in [-0.2, -0.15) is 0 Å². The summed E-state index contributed by atoms with van der Waals surface area (Å²) in [4.78, 5) is 27.5. The summed E-state index contributed by atoms with van der Waals surface area (Å²) >= 11 is 0. The lowest BCUT2D eigenvalue weighted by atomic mass is 9.62. The third-order valence-corrected chi connectivity index (χ3v) is 5.44. The zero-order valence-corrected chi connectivity index (χ0v) is 16.0. The molecule has 148 valence electrons. The van der Waals surface area contributed by atoms with Crippen LogP contribution in [0.5, 0.6) is 0 Å². The Morgan fingerprint density at radius 3 is 2.41 bits per heavy atom. The minimum Gasteiger partial charge on any atom is -0.481 e. The number of hydrogen-bond acceptors (Lipinski definition) is 3. The van der Waals surface area contributed by atoms with Crippen molar-refractivity contribution < 1.29 is 14.7 Å². The van der Waals surface area contributed by atoms with Crippen LogP contribution in [0.4, 0.5) is 0 Å². The molecule has 0 spiro atoms. The maximum Gasteiger partial charge on any atom is 0.306 e. The van der Waals surface area contributed by atoms with Crippen LogP contribution in [0, 0.1) is 11.8 Å². The monoisotopic (exact) mass is 374 g/mol. The Morgan fingerprint density at radius 1 is 1.30 bits per heavy atom. The maximum atomic E-state index is 11.8. The van der Waals surface area contributed by atoms with Crippen LogP contribution in [-0.2, 0) is 16.0 Å². The molecule has 0 bridgehead atoms. The van der Waals surface area contributed by atoms with Crippen molar-refractivity contribution in [3.05, 3.63) is 35.9 Å². The highest BCUT2D eigenvalue weighted by Gasteiger charge is 2.53. The first kappa shape index (κ1) is 20.7. The van der Waals surface area contributed by atoms with Crippen molar-refractivity contribution >= 4 is 17.8 Å². The topological polar surface area (TPSA) is 131 Å². The number of nitrogens with zero attached hydrogens (tertiary/aromatic N) is 1. The van der Waals surface area contributed by atoms with E-state index in [1.807, 2.05) is 18.2 Å². The first-order valence-corrected chi connectivity index (χ1v) is 9.40. The molecule has 0 heterocycles. The molecular formula is C20H30N4O3. The van der Waals surface area contributed by atoms with Gasteiger partial charge < -0.3 is 21.9 Å². The SMILES string of the molecule is CCC(Cc1ccccc1)CC(N=C(N)N)C1(NC(C)=O)CC(C(=O)O)C1. The van der Waals surface area contributed by atoms with Gasteiger partial charge in [0.25, 0.3) is 0 Å². The lowest BCUT2D eigenvalue weighted by molar-refractivity contribution is -0.150. The highest BCUT2D eigenvalue weighted by atomic mass is 16.4. The van der Waals surface area contributed by atoms with Crippen LogP contribution in [-0.4, -0.2) is 34.5 Å². The molecule has 1 aromatic rings. The number of nitrogens with two attached hydrogens (primary N) is 2. The van der Waals surface area contributed by atoms with Crippen molar-refractivity contribution in [1.82, 2.24) is 5.32 Å². The molecule has 0 radical (unpaired) electrons. The fraction of sp³-hybridized carbons (Fsp3) is 0.550. The van der Waals surface area contributed by atoms with Gasteiger partial charge in [-0.25, -0.2) is 4.99 Å². The second-order valence-electron chi connectivity index (χ2n) is 7.55. The van der Waals surface area contributed by atoms with E-state index >= 15 is 0 Å². The van der Waals surface area contributed by atoms with E-state index in [1.165, 1.54) is 12.5 Å². The summed E-state index contributed by atoms with van der Waals surface area (Å²) in [6, 6.07) is 9.83. The Morgan fingerprint density at radius 2 is 1.93 bits per heavy atom. The molecule has 1 amide bonds. The van der Waals surface area contributed by atoms with Crippen LogP contribution >= 0.6 is 0 Å². The Balaban J connectivity index is 2.22. The zero-order valence-electron chi connectivity index (χ0n) is 16.0. The molecule has 27 heavy (non-hydrogen) atoms. The third-order valence-electron chi connectivity index (χ3n) is 5.44. The quantitative estimate of drug-likeness (QED) is 0.386. The summed E-state index contributed by atoms with van der Waals surface area (Å²) in [6.07, 6.45) is 3.17. The fourth-order valence-electron chi connectivity index (χ4n) is 4.04. The first-order valence-electron chi connectivity index (χ1n) is 9.40. The summed E-state index contributed by atoms with van der Waals surface area (Å²) < 4.78 is 0. The Labute approximate surface area is 160 Å². The number of nitrogens with one attached hydrogen (secondary N) is 1. The van der Waals surface area contributed by atoms with Gasteiger partial charge in [0.05, 0.1) is 17.5 Å². The summed E-state index contributed by atoms with van der Waals surface area (Å²) in [5.41, 5.74) is 11.9. The average molecular weight is 374 g/mol. The Bertz CT molecular complexity index is 680. The van der Waals surface area contributed by atoms with Crippen LogP contribution in [0.25, 0.3) is 0 Å².